The van der Waals surface area contributed by atoms with Crippen molar-refractivity contribution >= 4 is 6.09 Å². The standard InChI is InChI=1S/C7H13NO3.C2H6/c1-5(2)10-3-6-4-11-7(9)8-6;1-2/h5-6H,3-4H2,1-2H3,(H,8,9);1-2H3. The zero-order chi connectivity index (χ0) is 10.3. The van der Waals surface area contributed by atoms with Crippen molar-refractivity contribution in [2.75, 3.05) is 13.2 Å². The van der Waals surface area contributed by atoms with E-state index in [1.807, 2.05) is 27.7 Å². The van der Waals surface area contributed by atoms with E-state index in [0.29, 0.717) is 13.2 Å². The van der Waals surface area contributed by atoms with Crippen LogP contribution in [0.4, 0.5) is 4.79 Å². The van der Waals surface area contributed by atoms with Crippen LogP contribution in [0.1, 0.15) is 27.7 Å². The molecule has 4 heteroatoms. The zero-order valence-corrected chi connectivity index (χ0v) is 8.79. The van der Waals surface area contributed by atoms with E-state index in [9.17, 15) is 4.79 Å². The Morgan fingerprint density at radius 3 is 2.62 bits per heavy atom. The number of amides is 1. The van der Waals surface area contributed by atoms with Crippen LogP contribution in [0.15, 0.2) is 0 Å². The summed E-state index contributed by atoms with van der Waals surface area (Å²) >= 11 is 0. The first-order chi connectivity index (χ1) is 6.18. The van der Waals surface area contributed by atoms with Gasteiger partial charge in [0.25, 0.3) is 0 Å². The van der Waals surface area contributed by atoms with Gasteiger partial charge in [-0.15, -0.1) is 0 Å². The van der Waals surface area contributed by atoms with Crippen molar-refractivity contribution in [1.29, 1.82) is 0 Å². The van der Waals surface area contributed by atoms with Gasteiger partial charge in [-0.25, -0.2) is 4.79 Å². The molecule has 1 unspecified atom stereocenters. The van der Waals surface area contributed by atoms with Crippen molar-refractivity contribution in [3.05, 3.63) is 0 Å². The molecule has 1 fully saturated rings. The Morgan fingerprint density at radius 2 is 2.23 bits per heavy atom. The van der Waals surface area contributed by atoms with Crippen molar-refractivity contribution in [1.82, 2.24) is 5.32 Å². The van der Waals surface area contributed by atoms with Crippen molar-refractivity contribution < 1.29 is 14.3 Å². The van der Waals surface area contributed by atoms with Gasteiger partial charge < -0.3 is 14.8 Å². The summed E-state index contributed by atoms with van der Waals surface area (Å²) in [5.74, 6) is 0. The molecule has 1 aliphatic rings. The molecule has 4 nitrogen and oxygen atoms in total. The highest BCUT2D eigenvalue weighted by atomic mass is 16.6. The fraction of sp³-hybridized carbons (Fsp3) is 0.889. The molecular formula is C9H19NO3. The Balaban J connectivity index is 0.000000671. The predicted octanol–water partition coefficient (Wildman–Crippen LogP) is 1.55. The van der Waals surface area contributed by atoms with E-state index in [1.54, 1.807) is 0 Å². The van der Waals surface area contributed by atoms with E-state index in [2.05, 4.69) is 10.1 Å². The van der Waals surface area contributed by atoms with Crippen LogP contribution in [0.3, 0.4) is 0 Å². The summed E-state index contributed by atoms with van der Waals surface area (Å²) in [7, 11) is 0. The fourth-order valence-corrected chi connectivity index (χ4v) is 0.825. The molecule has 78 valence electrons. The van der Waals surface area contributed by atoms with Crippen LogP contribution in [0, 0.1) is 0 Å². The maximum absolute atomic E-state index is 10.5. The second kappa shape index (κ2) is 6.71. The molecule has 13 heavy (non-hydrogen) atoms. The number of alkyl carbamates (subject to hydrolysis) is 1. The van der Waals surface area contributed by atoms with Gasteiger partial charge in [-0.05, 0) is 13.8 Å². The number of carbonyl (C=O) groups is 1. The molecule has 1 aliphatic heterocycles. The average molecular weight is 189 g/mol. The van der Waals surface area contributed by atoms with Crippen LogP contribution in [-0.4, -0.2) is 31.5 Å². The zero-order valence-electron chi connectivity index (χ0n) is 8.79. The number of hydrogen-bond acceptors (Lipinski definition) is 3. The molecule has 1 heterocycles. The third-order valence-electron chi connectivity index (χ3n) is 1.37. The van der Waals surface area contributed by atoms with Crippen LogP contribution >= 0.6 is 0 Å². The lowest BCUT2D eigenvalue weighted by Crippen LogP contribution is -2.31. The van der Waals surface area contributed by atoms with E-state index in [-0.39, 0.29) is 18.2 Å². The van der Waals surface area contributed by atoms with E-state index >= 15 is 0 Å². The highest BCUT2D eigenvalue weighted by molar-refractivity contribution is 5.69. The Morgan fingerprint density at radius 1 is 1.62 bits per heavy atom. The number of ether oxygens (including phenoxy) is 2. The first kappa shape index (κ1) is 12.2. The largest absolute Gasteiger partial charge is 0.447 e. The van der Waals surface area contributed by atoms with Gasteiger partial charge in [-0.2, -0.15) is 0 Å². The van der Waals surface area contributed by atoms with E-state index in [0.717, 1.165) is 0 Å². The Kier molecular flexibility index (Phi) is 6.32. The highest BCUT2D eigenvalue weighted by Gasteiger charge is 2.22. The highest BCUT2D eigenvalue weighted by Crippen LogP contribution is 1.99. The first-order valence-corrected chi connectivity index (χ1v) is 4.73. The molecule has 0 aromatic heterocycles. The van der Waals surface area contributed by atoms with E-state index in [4.69, 9.17) is 4.74 Å². The topological polar surface area (TPSA) is 47.6 Å². The van der Waals surface area contributed by atoms with E-state index in [1.165, 1.54) is 0 Å². The molecule has 1 atom stereocenters. The molecule has 1 amide bonds. The summed E-state index contributed by atoms with van der Waals surface area (Å²) in [5.41, 5.74) is 0. The third-order valence-corrected chi connectivity index (χ3v) is 1.37. The molecule has 1 saturated heterocycles. The lowest BCUT2D eigenvalue weighted by atomic mass is 10.3. The summed E-state index contributed by atoms with van der Waals surface area (Å²) in [4.78, 5) is 10.5. The monoisotopic (exact) mass is 189 g/mol. The molecular weight excluding hydrogens is 170 g/mol. The number of carbonyl (C=O) groups excluding carboxylic acids is 1. The fourth-order valence-electron chi connectivity index (χ4n) is 0.825. The van der Waals surface area contributed by atoms with Gasteiger partial charge in [-0.3, -0.25) is 0 Å². The molecule has 0 saturated carbocycles. The maximum Gasteiger partial charge on any atom is 0.407 e. The van der Waals surface area contributed by atoms with Gasteiger partial charge in [0.05, 0.1) is 18.8 Å². The van der Waals surface area contributed by atoms with Crippen LogP contribution in [0.2, 0.25) is 0 Å². The van der Waals surface area contributed by atoms with Crippen LogP contribution in [0.5, 0.6) is 0 Å². The second-order valence-electron chi connectivity index (χ2n) is 2.82. The Bertz CT molecular complexity index is 148. The van der Waals surface area contributed by atoms with Gasteiger partial charge in [0.15, 0.2) is 0 Å². The molecule has 1 rings (SSSR count). The van der Waals surface area contributed by atoms with Gasteiger partial charge in [0, 0.05) is 0 Å². The van der Waals surface area contributed by atoms with Crippen LogP contribution in [0.25, 0.3) is 0 Å². The summed E-state index contributed by atoms with van der Waals surface area (Å²) in [6.45, 7) is 8.87. The average Bonchev–Trinajstić information content (AvgIpc) is 2.52. The lowest BCUT2D eigenvalue weighted by molar-refractivity contribution is 0.0623. The maximum atomic E-state index is 10.5. The summed E-state index contributed by atoms with van der Waals surface area (Å²) < 4.78 is 9.95. The van der Waals surface area contributed by atoms with Crippen molar-refractivity contribution in [2.45, 2.75) is 39.8 Å². The number of cyclic esters (lactones) is 1. The SMILES string of the molecule is CC.CC(C)OCC1COC(=O)N1. The molecule has 1 N–H and O–H groups in total. The lowest BCUT2D eigenvalue weighted by Gasteiger charge is -2.10. The normalized spacial score (nSPS) is 20.4. The number of rotatable bonds is 3. The molecule has 0 bridgehead atoms. The van der Waals surface area contributed by atoms with Crippen LogP contribution < -0.4 is 5.32 Å². The van der Waals surface area contributed by atoms with E-state index < -0.39 is 0 Å². The second-order valence-corrected chi connectivity index (χ2v) is 2.82. The summed E-state index contributed by atoms with van der Waals surface area (Å²) in [6.07, 6.45) is -0.144. The number of hydrogen-bond donors (Lipinski definition) is 1. The van der Waals surface area contributed by atoms with Gasteiger partial charge in [0.1, 0.15) is 6.61 Å². The molecule has 0 spiro atoms. The molecule has 0 aromatic rings. The smallest absolute Gasteiger partial charge is 0.407 e. The summed E-state index contributed by atoms with van der Waals surface area (Å²) in [5, 5.41) is 2.62. The minimum Gasteiger partial charge on any atom is -0.447 e. The van der Waals surface area contributed by atoms with Crippen molar-refractivity contribution in [3.63, 3.8) is 0 Å². The third kappa shape index (κ3) is 5.47. The minimum atomic E-state index is -0.345. The molecule has 0 aliphatic carbocycles. The minimum absolute atomic E-state index is 0.0323. The Hall–Kier alpha value is -0.770. The van der Waals surface area contributed by atoms with Crippen LogP contribution in [-0.2, 0) is 9.47 Å². The molecule has 0 radical (unpaired) electrons. The predicted molar refractivity (Wildman–Crippen MR) is 50.7 cm³/mol. The van der Waals surface area contributed by atoms with Crippen molar-refractivity contribution in [2.24, 2.45) is 0 Å². The Labute approximate surface area is 79.6 Å². The summed E-state index contributed by atoms with van der Waals surface area (Å²) in [6, 6.07) is 0.0323. The first-order valence-electron chi connectivity index (χ1n) is 4.73. The number of nitrogens with one attached hydrogen (secondary N) is 1. The van der Waals surface area contributed by atoms with Crippen molar-refractivity contribution in [3.8, 4) is 0 Å². The quantitative estimate of drug-likeness (QED) is 0.732. The molecule has 0 aromatic carbocycles. The van der Waals surface area contributed by atoms with Gasteiger partial charge in [0.2, 0.25) is 0 Å². The van der Waals surface area contributed by atoms with Gasteiger partial charge in [-0.1, -0.05) is 13.8 Å². The van der Waals surface area contributed by atoms with Gasteiger partial charge >= 0.3 is 6.09 Å².